The second-order valence-corrected chi connectivity index (χ2v) is 5.64. The third-order valence-corrected chi connectivity index (χ3v) is 4.21. The summed E-state index contributed by atoms with van der Waals surface area (Å²) in [4.78, 5) is 15.3. The molecule has 1 unspecified atom stereocenters. The summed E-state index contributed by atoms with van der Waals surface area (Å²) >= 11 is 0. The summed E-state index contributed by atoms with van der Waals surface area (Å²) in [5.74, 6) is -0.391. The van der Waals surface area contributed by atoms with E-state index in [9.17, 15) is 14.3 Å². The van der Waals surface area contributed by atoms with E-state index in [1.54, 1.807) is 24.5 Å². The van der Waals surface area contributed by atoms with E-state index in [4.69, 9.17) is 0 Å². The van der Waals surface area contributed by atoms with Crippen LogP contribution in [0, 0.1) is 11.7 Å². The second-order valence-electron chi connectivity index (χ2n) is 5.64. The minimum absolute atomic E-state index is 0.179. The minimum Gasteiger partial charge on any atom is -0.391 e. The van der Waals surface area contributed by atoms with Crippen LogP contribution in [0.2, 0.25) is 0 Å². The molecule has 2 rings (SSSR count). The maximum absolute atomic E-state index is 13.0. The summed E-state index contributed by atoms with van der Waals surface area (Å²) in [5, 5.41) is 12.9. The quantitative estimate of drug-likeness (QED) is 0.733. The van der Waals surface area contributed by atoms with Crippen LogP contribution in [0.1, 0.15) is 37.0 Å². The van der Waals surface area contributed by atoms with Crippen LogP contribution >= 0.6 is 0 Å². The van der Waals surface area contributed by atoms with Crippen LogP contribution < -0.4 is 5.32 Å². The first kappa shape index (κ1) is 17.2. The standard InChI is InChI=1S/C18H23FN2O2/c1-3-12(4-2)17(22)11-21-18(23)16-10-20-9-15(16)13-5-7-14(19)8-6-13/h5-10,12,17,20,22H,3-4,11H2,1-2H3,(H,21,23). The van der Waals surface area contributed by atoms with Crippen LogP contribution in [0.15, 0.2) is 36.7 Å². The number of rotatable bonds is 7. The summed E-state index contributed by atoms with van der Waals surface area (Å²) in [6.07, 6.45) is 4.51. The summed E-state index contributed by atoms with van der Waals surface area (Å²) in [5.41, 5.74) is 1.95. The molecule has 0 radical (unpaired) electrons. The van der Waals surface area contributed by atoms with Gasteiger partial charge < -0.3 is 15.4 Å². The van der Waals surface area contributed by atoms with Gasteiger partial charge in [0.1, 0.15) is 5.82 Å². The maximum atomic E-state index is 13.0. The largest absolute Gasteiger partial charge is 0.391 e. The van der Waals surface area contributed by atoms with Crippen LogP contribution in [0.25, 0.3) is 11.1 Å². The van der Waals surface area contributed by atoms with Crippen LogP contribution in [-0.2, 0) is 0 Å². The average molecular weight is 318 g/mol. The average Bonchev–Trinajstić information content (AvgIpc) is 3.04. The van der Waals surface area contributed by atoms with E-state index in [1.165, 1.54) is 12.1 Å². The Balaban J connectivity index is 2.06. The molecule has 1 aromatic carbocycles. The van der Waals surface area contributed by atoms with Gasteiger partial charge in [0.25, 0.3) is 5.91 Å². The van der Waals surface area contributed by atoms with Crippen molar-refractivity contribution in [1.29, 1.82) is 0 Å². The van der Waals surface area contributed by atoms with E-state index in [2.05, 4.69) is 10.3 Å². The van der Waals surface area contributed by atoms with E-state index in [0.29, 0.717) is 11.1 Å². The lowest BCUT2D eigenvalue weighted by Crippen LogP contribution is -2.36. The SMILES string of the molecule is CCC(CC)C(O)CNC(=O)c1c[nH]cc1-c1ccc(F)cc1. The van der Waals surface area contributed by atoms with Gasteiger partial charge in [0.05, 0.1) is 11.7 Å². The number of aliphatic hydroxyl groups excluding tert-OH is 1. The Kier molecular flexibility index (Phi) is 5.93. The van der Waals surface area contributed by atoms with Crippen molar-refractivity contribution >= 4 is 5.91 Å². The number of aromatic amines is 1. The first-order chi connectivity index (χ1) is 11.1. The lowest BCUT2D eigenvalue weighted by molar-refractivity contribution is 0.0817. The van der Waals surface area contributed by atoms with Gasteiger partial charge in [0, 0.05) is 24.5 Å². The highest BCUT2D eigenvalue weighted by Crippen LogP contribution is 2.23. The molecule has 0 saturated heterocycles. The lowest BCUT2D eigenvalue weighted by Gasteiger charge is -2.20. The highest BCUT2D eigenvalue weighted by molar-refractivity contribution is 6.00. The normalized spacial score (nSPS) is 12.4. The zero-order valence-electron chi connectivity index (χ0n) is 13.5. The van der Waals surface area contributed by atoms with Crippen LogP contribution in [0.3, 0.4) is 0 Å². The van der Waals surface area contributed by atoms with Crippen molar-refractivity contribution in [2.75, 3.05) is 6.54 Å². The number of nitrogens with one attached hydrogen (secondary N) is 2. The number of halogens is 1. The first-order valence-corrected chi connectivity index (χ1v) is 7.95. The predicted molar refractivity (Wildman–Crippen MR) is 88.6 cm³/mol. The van der Waals surface area contributed by atoms with Crippen molar-refractivity contribution in [3.63, 3.8) is 0 Å². The fourth-order valence-corrected chi connectivity index (χ4v) is 2.71. The highest BCUT2D eigenvalue weighted by Gasteiger charge is 2.18. The number of hydrogen-bond donors (Lipinski definition) is 3. The molecule has 2 aromatic rings. The molecule has 124 valence electrons. The zero-order valence-corrected chi connectivity index (χ0v) is 13.5. The number of H-pyrrole nitrogens is 1. The fraction of sp³-hybridized carbons (Fsp3) is 0.389. The van der Waals surface area contributed by atoms with Crippen LogP contribution in [0.5, 0.6) is 0 Å². The predicted octanol–water partition coefficient (Wildman–Crippen LogP) is 3.35. The zero-order chi connectivity index (χ0) is 16.8. The van der Waals surface area contributed by atoms with Gasteiger partial charge in [-0.15, -0.1) is 0 Å². The summed E-state index contributed by atoms with van der Waals surface area (Å²) in [7, 11) is 0. The van der Waals surface area contributed by atoms with Crippen molar-refractivity contribution in [3.8, 4) is 11.1 Å². The smallest absolute Gasteiger partial charge is 0.253 e. The van der Waals surface area contributed by atoms with E-state index in [1.807, 2.05) is 13.8 Å². The van der Waals surface area contributed by atoms with Gasteiger partial charge in [-0.05, 0) is 23.6 Å². The molecule has 0 saturated carbocycles. The number of hydrogen-bond acceptors (Lipinski definition) is 2. The fourth-order valence-electron chi connectivity index (χ4n) is 2.71. The van der Waals surface area contributed by atoms with Gasteiger partial charge in [-0.1, -0.05) is 38.8 Å². The van der Waals surface area contributed by atoms with Gasteiger partial charge in [0.2, 0.25) is 0 Å². The third kappa shape index (κ3) is 4.20. The van der Waals surface area contributed by atoms with Gasteiger partial charge in [-0.2, -0.15) is 0 Å². The van der Waals surface area contributed by atoms with Crippen molar-refractivity contribution in [2.24, 2.45) is 5.92 Å². The molecule has 1 amide bonds. The Morgan fingerprint density at radius 2 is 1.87 bits per heavy atom. The Bertz CT molecular complexity index is 633. The van der Waals surface area contributed by atoms with Gasteiger partial charge in [-0.25, -0.2) is 4.39 Å². The summed E-state index contributed by atoms with van der Waals surface area (Å²) < 4.78 is 13.0. The molecule has 0 aliphatic rings. The second kappa shape index (κ2) is 7.92. The van der Waals surface area contributed by atoms with Crippen molar-refractivity contribution < 1.29 is 14.3 Å². The van der Waals surface area contributed by atoms with Crippen molar-refractivity contribution in [3.05, 3.63) is 48.0 Å². The molecule has 0 aliphatic heterocycles. The molecule has 4 nitrogen and oxygen atoms in total. The van der Waals surface area contributed by atoms with Crippen molar-refractivity contribution in [1.82, 2.24) is 10.3 Å². The highest BCUT2D eigenvalue weighted by atomic mass is 19.1. The molecule has 3 N–H and O–H groups in total. The molecule has 1 aromatic heterocycles. The number of aliphatic hydroxyl groups is 1. The molecule has 1 atom stereocenters. The molecule has 0 spiro atoms. The molecular formula is C18H23FN2O2. The molecule has 0 fully saturated rings. The monoisotopic (exact) mass is 318 g/mol. The number of benzene rings is 1. The Hall–Kier alpha value is -2.14. The number of carbonyl (C=O) groups is 1. The van der Waals surface area contributed by atoms with E-state index < -0.39 is 6.10 Å². The van der Waals surface area contributed by atoms with Gasteiger partial charge >= 0.3 is 0 Å². The van der Waals surface area contributed by atoms with E-state index >= 15 is 0 Å². The molecule has 0 aliphatic carbocycles. The van der Waals surface area contributed by atoms with E-state index in [-0.39, 0.29) is 24.2 Å². The topological polar surface area (TPSA) is 65.1 Å². The third-order valence-electron chi connectivity index (χ3n) is 4.21. The van der Waals surface area contributed by atoms with E-state index in [0.717, 1.165) is 18.4 Å². The molecule has 0 bridgehead atoms. The van der Waals surface area contributed by atoms with Gasteiger partial charge in [0.15, 0.2) is 0 Å². The van der Waals surface area contributed by atoms with Gasteiger partial charge in [-0.3, -0.25) is 4.79 Å². The number of carbonyl (C=O) groups excluding carboxylic acids is 1. The Labute approximate surface area is 135 Å². The molecule has 1 heterocycles. The summed E-state index contributed by atoms with van der Waals surface area (Å²) in [6.45, 7) is 4.27. The van der Waals surface area contributed by atoms with Crippen molar-refractivity contribution in [2.45, 2.75) is 32.8 Å². The Morgan fingerprint density at radius 1 is 1.22 bits per heavy atom. The Morgan fingerprint density at radius 3 is 2.48 bits per heavy atom. The molecule has 5 heteroatoms. The number of aromatic nitrogens is 1. The van der Waals surface area contributed by atoms with Crippen LogP contribution in [-0.4, -0.2) is 28.6 Å². The molecular weight excluding hydrogens is 295 g/mol. The molecule has 23 heavy (non-hydrogen) atoms. The number of amides is 1. The minimum atomic E-state index is -0.554. The lowest BCUT2D eigenvalue weighted by atomic mass is 9.96. The first-order valence-electron chi connectivity index (χ1n) is 7.95. The summed E-state index contributed by atoms with van der Waals surface area (Å²) in [6, 6.07) is 5.99. The van der Waals surface area contributed by atoms with Crippen LogP contribution in [0.4, 0.5) is 4.39 Å². The maximum Gasteiger partial charge on any atom is 0.253 e.